The highest BCUT2D eigenvalue weighted by molar-refractivity contribution is 7.19. The smallest absolute Gasteiger partial charge is 0.348 e. The number of benzene rings is 2. The normalized spacial score (nSPS) is 12.5. The first kappa shape index (κ1) is 25.6. The Morgan fingerprint density at radius 2 is 1.89 bits per heavy atom. The molecule has 1 N–H and O–H groups in total. The van der Waals surface area contributed by atoms with Crippen LogP contribution in [0.4, 0.5) is 17.6 Å². The molecule has 0 saturated heterocycles. The molecule has 0 fully saturated rings. The van der Waals surface area contributed by atoms with E-state index in [-0.39, 0.29) is 23.5 Å². The number of amides is 1. The second kappa shape index (κ2) is 10.3. The van der Waals surface area contributed by atoms with E-state index in [9.17, 15) is 27.2 Å². The number of nitrogens with one attached hydrogen (secondary N) is 1. The number of hydrogen-bond acceptors (Lipinski definition) is 4. The van der Waals surface area contributed by atoms with Crippen LogP contribution in [0.1, 0.15) is 29.7 Å². The lowest BCUT2D eigenvalue weighted by Crippen LogP contribution is -2.35. The molecule has 12 heteroatoms. The Morgan fingerprint density at radius 3 is 2.56 bits per heavy atom. The fourth-order valence-electron chi connectivity index (χ4n) is 3.59. The fraction of sp³-hybridized carbons (Fsp3) is 0.208. The molecule has 1 amide bonds. The Labute approximate surface area is 211 Å². The summed E-state index contributed by atoms with van der Waals surface area (Å²) in [7, 11) is 0. The van der Waals surface area contributed by atoms with Gasteiger partial charge in [-0.25, -0.2) is 13.9 Å². The maximum atomic E-state index is 14.3. The van der Waals surface area contributed by atoms with Gasteiger partial charge in [0, 0.05) is 5.56 Å². The van der Waals surface area contributed by atoms with Crippen molar-refractivity contribution in [1.29, 1.82) is 0 Å². The minimum absolute atomic E-state index is 0.126. The highest BCUT2D eigenvalue weighted by Gasteiger charge is 2.31. The summed E-state index contributed by atoms with van der Waals surface area (Å²) >= 11 is 7.20. The van der Waals surface area contributed by atoms with Crippen molar-refractivity contribution in [2.24, 2.45) is 0 Å². The molecule has 0 saturated carbocycles. The molecule has 36 heavy (non-hydrogen) atoms. The van der Waals surface area contributed by atoms with Gasteiger partial charge < -0.3 is 5.32 Å². The number of nitrogens with zero attached hydrogens (tertiary/aromatic N) is 3. The molecule has 0 unspecified atom stereocenters. The lowest BCUT2D eigenvalue weighted by molar-refractivity contribution is -0.137. The molecule has 0 aliphatic rings. The maximum Gasteiger partial charge on any atom is 0.416 e. The fourth-order valence-corrected chi connectivity index (χ4v) is 4.63. The Balaban J connectivity index is 1.59. The van der Waals surface area contributed by atoms with E-state index in [4.69, 9.17) is 11.6 Å². The van der Waals surface area contributed by atoms with Crippen molar-refractivity contribution in [3.63, 3.8) is 0 Å². The Bertz CT molecular complexity index is 1460. The quantitative estimate of drug-likeness (QED) is 0.315. The van der Waals surface area contributed by atoms with Gasteiger partial charge in [0.15, 0.2) is 5.82 Å². The number of carbonyl (C=O) groups is 1. The monoisotopic (exact) mass is 538 g/mol. The summed E-state index contributed by atoms with van der Waals surface area (Å²) in [6.07, 6.45) is -4.51. The molecule has 0 aliphatic heterocycles. The minimum Gasteiger partial charge on any atom is -0.348 e. The lowest BCUT2D eigenvalue weighted by Gasteiger charge is -2.16. The number of rotatable bonds is 7. The van der Waals surface area contributed by atoms with E-state index >= 15 is 0 Å². The Morgan fingerprint density at radius 1 is 1.14 bits per heavy atom. The van der Waals surface area contributed by atoms with Crippen molar-refractivity contribution in [1.82, 2.24) is 19.7 Å². The van der Waals surface area contributed by atoms with Crippen molar-refractivity contribution < 1.29 is 22.4 Å². The Kier molecular flexibility index (Phi) is 7.32. The van der Waals surface area contributed by atoms with Crippen molar-refractivity contribution in [2.75, 3.05) is 0 Å². The first-order valence-electron chi connectivity index (χ1n) is 10.7. The van der Waals surface area contributed by atoms with Gasteiger partial charge >= 0.3 is 11.9 Å². The maximum absolute atomic E-state index is 14.3. The van der Waals surface area contributed by atoms with Gasteiger partial charge in [-0.3, -0.25) is 9.36 Å². The van der Waals surface area contributed by atoms with Gasteiger partial charge in [0.25, 0.3) is 0 Å². The predicted molar refractivity (Wildman–Crippen MR) is 128 cm³/mol. The van der Waals surface area contributed by atoms with Crippen molar-refractivity contribution in [3.05, 3.63) is 98.0 Å². The number of thiophene rings is 1. The van der Waals surface area contributed by atoms with Crippen LogP contribution in [0.25, 0.3) is 10.7 Å². The van der Waals surface area contributed by atoms with E-state index in [1.807, 2.05) is 0 Å². The number of aromatic nitrogens is 3. The van der Waals surface area contributed by atoms with Gasteiger partial charge in [0.05, 0.1) is 27.4 Å². The molecular formula is C24H19ClF4N4O2S. The summed E-state index contributed by atoms with van der Waals surface area (Å²) < 4.78 is 56.0. The van der Waals surface area contributed by atoms with Crippen molar-refractivity contribution in [3.8, 4) is 10.7 Å². The third-order valence-electron chi connectivity index (χ3n) is 5.39. The first-order chi connectivity index (χ1) is 17.0. The summed E-state index contributed by atoms with van der Waals surface area (Å²) in [6, 6.07) is 13.1. The second-order valence-corrected chi connectivity index (χ2v) is 9.67. The van der Waals surface area contributed by atoms with Crippen LogP contribution in [-0.2, 0) is 24.1 Å². The number of carbonyl (C=O) groups excluding carboxylic acids is 1. The van der Waals surface area contributed by atoms with Gasteiger partial charge in [-0.2, -0.15) is 13.2 Å². The zero-order chi connectivity index (χ0) is 26.0. The van der Waals surface area contributed by atoms with E-state index in [2.05, 4.69) is 10.4 Å². The molecule has 2 heterocycles. The van der Waals surface area contributed by atoms with Crippen LogP contribution in [0, 0.1) is 5.82 Å². The minimum atomic E-state index is -4.51. The summed E-state index contributed by atoms with van der Waals surface area (Å²) in [4.78, 5) is 26.4. The van der Waals surface area contributed by atoms with Crippen LogP contribution in [0.15, 0.2) is 65.5 Å². The molecule has 4 aromatic rings. The largest absolute Gasteiger partial charge is 0.416 e. The average Bonchev–Trinajstić information content (AvgIpc) is 3.38. The molecule has 4 rings (SSSR count). The number of alkyl halides is 3. The Hall–Kier alpha value is -3.44. The van der Waals surface area contributed by atoms with E-state index < -0.39 is 41.7 Å². The average molecular weight is 539 g/mol. The number of halogens is 5. The molecule has 188 valence electrons. The molecule has 2 aromatic heterocycles. The number of hydrogen-bond donors (Lipinski definition) is 1. The van der Waals surface area contributed by atoms with Crippen LogP contribution < -0.4 is 11.0 Å². The molecule has 6 nitrogen and oxygen atoms in total. The summed E-state index contributed by atoms with van der Waals surface area (Å²) in [5.74, 6) is -0.924. The lowest BCUT2D eigenvalue weighted by atomic mass is 10.0. The van der Waals surface area contributed by atoms with Crippen LogP contribution >= 0.6 is 22.9 Å². The molecule has 0 spiro atoms. The summed E-state index contributed by atoms with van der Waals surface area (Å²) in [5.41, 5.74) is -0.974. The second-order valence-electron chi connectivity index (χ2n) is 7.96. The highest BCUT2D eigenvalue weighted by atomic mass is 35.5. The summed E-state index contributed by atoms with van der Waals surface area (Å²) in [6.45, 7) is 0.920. The van der Waals surface area contributed by atoms with Crippen LogP contribution in [0.2, 0.25) is 4.34 Å². The predicted octanol–water partition coefficient (Wildman–Crippen LogP) is 5.51. The van der Waals surface area contributed by atoms with Crippen molar-refractivity contribution in [2.45, 2.75) is 32.2 Å². The molecule has 0 aliphatic carbocycles. The standard InChI is InChI=1S/C24H19ClF4N4O2S/c1-14(15-6-4-7-17(11-15)24(27,28)29)30-21(34)13-33-23(35)32(12-16-5-2-3-8-18(16)26)22(31-33)19-9-10-20(25)36-19/h2-11,14H,12-13H2,1H3,(H,30,34)/t14-/m0/s1. The van der Waals surface area contributed by atoms with Crippen LogP contribution in [0.5, 0.6) is 0 Å². The molecule has 0 bridgehead atoms. The topological polar surface area (TPSA) is 68.9 Å². The zero-order valence-corrected chi connectivity index (χ0v) is 20.3. The van der Waals surface area contributed by atoms with Crippen LogP contribution in [-0.4, -0.2) is 20.3 Å². The molecule has 0 radical (unpaired) electrons. The highest BCUT2D eigenvalue weighted by Crippen LogP contribution is 2.31. The van der Waals surface area contributed by atoms with E-state index in [1.54, 1.807) is 18.2 Å². The van der Waals surface area contributed by atoms with E-state index in [0.717, 1.165) is 16.8 Å². The van der Waals surface area contributed by atoms with Gasteiger partial charge in [-0.1, -0.05) is 41.9 Å². The molecule has 2 aromatic carbocycles. The zero-order valence-electron chi connectivity index (χ0n) is 18.7. The third-order valence-corrected chi connectivity index (χ3v) is 6.61. The van der Waals surface area contributed by atoms with Crippen molar-refractivity contribution >= 4 is 28.8 Å². The van der Waals surface area contributed by atoms with Gasteiger partial charge in [0.1, 0.15) is 12.4 Å². The SMILES string of the molecule is C[C@H](NC(=O)Cn1nc(-c2ccc(Cl)s2)n(Cc2ccccc2F)c1=O)c1cccc(C(F)(F)F)c1. The van der Waals surface area contributed by atoms with Crippen LogP contribution in [0.3, 0.4) is 0 Å². The van der Waals surface area contributed by atoms with E-state index in [1.165, 1.54) is 53.2 Å². The van der Waals surface area contributed by atoms with E-state index in [0.29, 0.717) is 9.21 Å². The molecule has 1 atom stereocenters. The first-order valence-corrected chi connectivity index (χ1v) is 11.9. The van der Waals surface area contributed by atoms with Gasteiger partial charge in [-0.15, -0.1) is 16.4 Å². The molecular weight excluding hydrogens is 520 g/mol. The van der Waals surface area contributed by atoms with Gasteiger partial charge in [-0.05, 0) is 42.8 Å². The summed E-state index contributed by atoms with van der Waals surface area (Å²) in [5, 5.41) is 6.86. The third kappa shape index (κ3) is 5.68. The van der Waals surface area contributed by atoms with Gasteiger partial charge in [0.2, 0.25) is 5.91 Å².